The maximum atomic E-state index is 12.3. The molecule has 1 saturated carbocycles. The fraction of sp³-hybridized carbons (Fsp3) is 0.944. The van der Waals surface area contributed by atoms with E-state index in [0.717, 1.165) is 19.3 Å². The second-order valence-corrected chi connectivity index (χ2v) is 9.99. The molecule has 0 spiro atoms. The summed E-state index contributed by atoms with van der Waals surface area (Å²) in [7, 11) is 0. The van der Waals surface area contributed by atoms with E-state index in [1.54, 1.807) is 0 Å². The Kier molecular flexibility index (Phi) is 6.52. The Morgan fingerprint density at radius 3 is 2.56 bits per heavy atom. The topological polar surface area (TPSA) is 79.8 Å². The smallest absolute Gasteiger partial charge is 0.315 e. The van der Waals surface area contributed by atoms with E-state index >= 15 is 0 Å². The molecule has 2 amide bonds. The lowest BCUT2D eigenvalue weighted by Gasteiger charge is -2.28. The summed E-state index contributed by atoms with van der Waals surface area (Å²) in [6.45, 7) is 5.61. The minimum Gasteiger partial charge on any atom is -0.396 e. The van der Waals surface area contributed by atoms with Crippen LogP contribution >= 0.6 is 11.8 Å². The molecule has 6 nitrogen and oxygen atoms in total. The highest BCUT2D eigenvalue weighted by molar-refractivity contribution is 8.01. The summed E-state index contributed by atoms with van der Waals surface area (Å²) in [5.41, 5.74) is 0. The fourth-order valence-electron chi connectivity index (χ4n) is 4.07. The molecule has 3 aliphatic rings. The quantitative estimate of drug-likeness (QED) is 0.665. The summed E-state index contributed by atoms with van der Waals surface area (Å²) < 4.78 is 11.9. The van der Waals surface area contributed by atoms with Crippen molar-refractivity contribution in [3.8, 4) is 0 Å². The molecule has 7 heteroatoms. The number of carbonyl (C=O) groups is 1. The number of carbonyl (C=O) groups excluding carboxylic acids is 1. The SMILES string of the molecule is CC(C)(CCO)S[C@H]1CO[C@H]2[C@@H]1OC[C@@H]2NC(=O)NC1CCCCC1. The van der Waals surface area contributed by atoms with Gasteiger partial charge in [0.1, 0.15) is 6.10 Å². The number of aliphatic hydroxyl groups is 1. The molecule has 2 heterocycles. The van der Waals surface area contributed by atoms with Gasteiger partial charge in [0.25, 0.3) is 0 Å². The van der Waals surface area contributed by atoms with Crippen LogP contribution in [0.1, 0.15) is 52.4 Å². The molecule has 0 aromatic carbocycles. The highest BCUT2D eigenvalue weighted by Crippen LogP contribution is 2.40. The highest BCUT2D eigenvalue weighted by atomic mass is 32.2. The number of rotatable bonds is 6. The average Bonchev–Trinajstić information content (AvgIpc) is 3.12. The Morgan fingerprint density at radius 1 is 1.12 bits per heavy atom. The zero-order valence-corrected chi connectivity index (χ0v) is 16.1. The number of ether oxygens (including phenoxy) is 2. The molecule has 2 saturated heterocycles. The first-order valence-electron chi connectivity index (χ1n) is 9.57. The van der Waals surface area contributed by atoms with E-state index in [4.69, 9.17) is 9.47 Å². The van der Waals surface area contributed by atoms with Gasteiger partial charge in [-0.15, -0.1) is 11.8 Å². The van der Waals surface area contributed by atoms with E-state index < -0.39 is 0 Å². The van der Waals surface area contributed by atoms with E-state index in [9.17, 15) is 9.90 Å². The number of hydrogen-bond donors (Lipinski definition) is 3. The lowest BCUT2D eigenvalue weighted by molar-refractivity contribution is 0.0693. The van der Waals surface area contributed by atoms with Gasteiger partial charge >= 0.3 is 6.03 Å². The molecule has 3 N–H and O–H groups in total. The van der Waals surface area contributed by atoms with Crippen LogP contribution in [0.3, 0.4) is 0 Å². The molecule has 144 valence electrons. The van der Waals surface area contributed by atoms with E-state index in [1.165, 1.54) is 19.3 Å². The molecule has 25 heavy (non-hydrogen) atoms. The van der Waals surface area contributed by atoms with Crippen LogP contribution in [0.2, 0.25) is 0 Å². The predicted octanol–water partition coefficient (Wildman–Crippen LogP) is 2.05. The number of hydrogen-bond acceptors (Lipinski definition) is 5. The number of thioether (sulfide) groups is 1. The van der Waals surface area contributed by atoms with Crippen LogP contribution in [0.4, 0.5) is 4.79 Å². The van der Waals surface area contributed by atoms with Gasteiger partial charge in [-0.1, -0.05) is 33.1 Å². The summed E-state index contributed by atoms with van der Waals surface area (Å²) in [4.78, 5) is 12.3. The van der Waals surface area contributed by atoms with Crippen LogP contribution in [0.25, 0.3) is 0 Å². The normalized spacial score (nSPS) is 33.2. The molecule has 0 aromatic rings. The van der Waals surface area contributed by atoms with Crippen molar-refractivity contribution in [3.05, 3.63) is 0 Å². The van der Waals surface area contributed by atoms with Crippen LogP contribution in [0, 0.1) is 0 Å². The maximum Gasteiger partial charge on any atom is 0.315 e. The Hall–Kier alpha value is -0.500. The summed E-state index contributed by atoms with van der Waals surface area (Å²) in [6.07, 6.45) is 6.53. The molecule has 2 aliphatic heterocycles. The van der Waals surface area contributed by atoms with Crippen LogP contribution in [0.5, 0.6) is 0 Å². The zero-order valence-electron chi connectivity index (χ0n) is 15.3. The van der Waals surface area contributed by atoms with Crippen LogP contribution < -0.4 is 10.6 Å². The van der Waals surface area contributed by atoms with E-state index in [-0.39, 0.29) is 40.9 Å². The lowest BCUT2D eigenvalue weighted by Crippen LogP contribution is -2.51. The number of urea groups is 1. The molecule has 3 rings (SSSR count). The number of aliphatic hydroxyl groups excluding tert-OH is 1. The molecule has 4 atom stereocenters. The summed E-state index contributed by atoms with van der Waals surface area (Å²) in [5, 5.41) is 15.6. The third-order valence-corrected chi connectivity index (χ3v) is 7.00. The second kappa shape index (κ2) is 8.46. The van der Waals surface area contributed by atoms with Gasteiger partial charge in [-0.3, -0.25) is 0 Å². The van der Waals surface area contributed by atoms with Gasteiger partial charge in [0.2, 0.25) is 0 Å². The first kappa shape index (κ1) is 19.3. The largest absolute Gasteiger partial charge is 0.396 e. The molecule has 0 radical (unpaired) electrons. The molecular weight excluding hydrogens is 340 g/mol. The van der Waals surface area contributed by atoms with Gasteiger partial charge in [-0.05, 0) is 19.3 Å². The van der Waals surface area contributed by atoms with Crippen molar-refractivity contribution in [2.45, 2.75) is 86.7 Å². The van der Waals surface area contributed by atoms with E-state index in [2.05, 4.69) is 24.5 Å². The van der Waals surface area contributed by atoms with Gasteiger partial charge < -0.3 is 25.2 Å². The van der Waals surface area contributed by atoms with Crippen molar-refractivity contribution in [1.29, 1.82) is 0 Å². The fourth-order valence-corrected chi connectivity index (χ4v) is 5.61. The highest BCUT2D eigenvalue weighted by Gasteiger charge is 2.49. The minimum absolute atomic E-state index is 0.00903. The Bertz CT molecular complexity index is 456. The minimum atomic E-state index is -0.0959. The van der Waals surface area contributed by atoms with E-state index in [0.29, 0.717) is 19.3 Å². The molecule has 0 bridgehead atoms. The zero-order chi connectivity index (χ0) is 17.9. The van der Waals surface area contributed by atoms with Crippen LogP contribution in [0.15, 0.2) is 0 Å². The maximum absolute atomic E-state index is 12.3. The Morgan fingerprint density at radius 2 is 1.84 bits per heavy atom. The second-order valence-electron chi connectivity index (χ2n) is 8.04. The van der Waals surface area contributed by atoms with Crippen molar-refractivity contribution in [2.75, 3.05) is 19.8 Å². The van der Waals surface area contributed by atoms with Crippen molar-refractivity contribution in [1.82, 2.24) is 10.6 Å². The van der Waals surface area contributed by atoms with Crippen molar-refractivity contribution in [2.24, 2.45) is 0 Å². The lowest BCUT2D eigenvalue weighted by atomic mass is 9.96. The van der Waals surface area contributed by atoms with Crippen molar-refractivity contribution >= 4 is 17.8 Å². The van der Waals surface area contributed by atoms with Crippen LogP contribution in [-0.2, 0) is 9.47 Å². The summed E-state index contributed by atoms with van der Waals surface area (Å²) in [5.74, 6) is 0. The molecular formula is C18H32N2O4S. The van der Waals surface area contributed by atoms with Gasteiger partial charge in [-0.25, -0.2) is 4.79 Å². The van der Waals surface area contributed by atoms with Gasteiger partial charge in [0.05, 0.1) is 30.6 Å². The van der Waals surface area contributed by atoms with Gasteiger partial charge in [0.15, 0.2) is 0 Å². The van der Waals surface area contributed by atoms with E-state index in [1.807, 2.05) is 11.8 Å². The Labute approximate surface area is 154 Å². The third-order valence-electron chi connectivity index (χ3n) is 5.45. The van der Waals surface area contributed by atoms with Crippen molar-refractivity contribution < 1.29 is 19.4 Å². The average molecular weight is 373 g/mol. The van der Waals surface area contributed by atoms with Crippen molar-refractivity contribution in [3.63, 3.8) is 0 Å². The third kappa shape index (κ3) is 5.02. The first-order chi connectivity index (χ1) is 12.0. The number of nitrogens with one attached hydrogen (secondary N) is 2. The molecule has 1 aliphatic carbocycles. The monoisotopic (exact) mass is 372 g/mol. The molecule has 0 aromatic heterocycles. The number of amides is 2. The predicted molar refractivity (Wildman–Crippen MR) is 99.0 cm³/mol. The molecule has 0 unspecified atom stereocenters. The standard InChI is InChI=1S/C18H32N2O4S/c1-18(2,8-9-21)25-14-11-24-15-13(10-23-16(14)15)20-17(22)19-12-6-4-3-5-7-12/h12-16,21H,3-11H2,1-2H3,(H2,19,20,22)/t13-,14-,15+,16+/m0/s1. The Balaban J connectivity index is 1.47. The van der Waals surface area contributed by atoms with Gasteiger partial charge in [-0.2, -0.15) is 0 Å². The van der Waals surface area contributed by atoms with Gasteiger partial charge in [0, 0.05) is 17.4 Å². The summed E-state index contributed by atoms with van der Waals surface area (Å²) in [6, 6.07) is 0.126. The molecule has 3 fully saturated rings. The van der Waals surface area contributed by atoms with Crippen LogP contribution in [-0.4, -0.2) is 65.2 Å². The summed E-state index contributed by atoms with van der Waals surface area (Å²) >= 11 is 1.82. The number of fused-ring (bicyclic) bond motifs is 1. The first-order valence-corrected chi connectivity index (χ1v) is 10.5.